The maximum Gasteiger partial charge on any atom is 0.412 e. The molecule has 13 heteroatoms. The van der Waals surface area contributed by atoms with Gasteiger partial charge < -0.3 is 14.4 Å². The Balaban J connectivity index is 1.42. The van der Waals surface area contributed by atoms with Crippen molar-refractivity contribution in [3.05, 3.63) is 89.2 Å². The fraction of sp³-hybridized carbons (Fsp3) is 0.310. The second-order valence-corrected chi connectivity index (χ2v) is 10.7. The standard InChI is InChI=1S/C29H31ClFN7O4/c1-29(2,3)42-28(40)35-23-9-11-32-22(18-23)10-14-41-24-16-20(15-21(30)17-24)27(39)37(26-8-5-4-7-25(26)31)12-6-13-38-34-19-33-36-38/h4-5,7-9,11,15-19H,6,10,12-14H2,1-3H3,(H,32,35,40). The summed E-state index contributed by atoms with van der Waals surface area (Å²) >= 11 is 6.34. The average Bonchev–Trinajstić information content (AvgIpc) is 3.44. The zero-order valence-corrected chi connectivity index (χ0v) is 24.2. The number of benzene rings is 2. The number of aryl methyl sites for hydroxylation is 1. The van der Waals surface area contributed by atoms with Gasteiger partial charge in [-0.15, -0.1) is 10.2 Å². The molecule has 1 N–H and O–H groups in total. The fourth-order valence-electron chi connectivity index (χ4n) is 3.98. The van der Waals surface area contributed by atoms with E-state index in [1.807, 2.05) is 0 Å². The summed E-state index contributed by atoms with van der Waals surface area (Å²) in [5.41, 5.74) is 0.975. The first-order valence-corrected chi connectivity index (χ1v) is 13.6. The van der Waals surface area contributed by atoms with Gasteiger partial charge in [-0.25, -0.2) is 9.18 Å². The molecule has 0 saturated heterocycles. The van der Waals surface area contributed by atoms with Crippen molar-refractivity contribution < 1.29 is 23.5 Å². The molecule has 11 nitrogen and oxygen atoms in total. The summed E-state index contributed by atoms with van der Waals surface area (Å²) in [5.74, 6) is -0.602. The van der Waals surface area contributed by atoms with Gasteiger partial charge in [0.15, 0.2) is 6.33 Å². The second kappa shape index (κ2) is 13.9. The number of aromatic nitrogens is 5. The number of para-hydroxylation sites is 1. The van der Waals surface area contributed by atoms with Crippen molar-refractivity contribution in [2.45, 2.75) is 45.8 Å². The lowest BCUT2D eigenvalue weighted by Gasteiger charge is -2.24. The van der Waals surface area contributed by atoms with Gasteiger partial charge in [-0.3, -0.25) is 15.1 Å². The van der Waals surface area contributed by atoms with Gasteiger partial charge >= 0.3 is 6.09 Å². The van der Waals surface area contributed by atoms with E-state index >= 15 is 0 Å². The molecule has 0 aliphatic carbocycles. The van der Waals surface area contributed by atoms with Gasteiger partial charge in [0.25, 0.3) is 5.91 Å². The number of ether oxygens (including phenoxy) is 2. The Morgan fingerprint density at radius 3 is 2.67 bits per heavy atom. The first-order valence-electron chi connectivity index (χ1n) is 13.2. The van der Waals surface area contributed by atoms with E-state index in [1.165, 1.54) is 28.2 Å². The number of nitrogens with one attached hydrogen (secondary N) is 1. The Morgan fingerprint density at radius 2 is 1.93 bits per heavy atom. The molecule has 2 amide bonds. The van der Waals surface area contributed by atoms with Crippen LogP contribution in [0.25, 0.3) is 0 Å². The Labute approximate surface area is 247 Å². The van der Waals surface area contributed by atoms with Crippen LogP contribution < -0.4 is 15.0 Å². The molecule has 0 aliphatic rings. The Kier molecular flexibility index (Phi) is 10.0. The van der Waals surface area contributed by atoms with Gasteiger partial charge in [-0.2, -0.15) is 4.80 Å². The Bertz CT molecular complexity index is 1510. The van der Waals surface area contributed by atoms with Crippen molar-refractivity contribution in [2.75, 3.05) is 23.4 Å². The van der Waals surface area contributed by atoms with Crippen LogP contribution in [0.15, 0.2) is 67.1 Å². The van der Waals surface area contributed by atoms with Crippen LogP contribution in [0.4, 0.5) is 20.6 Å². The number of hydrogen-bond acceptors (Lipinski definition) is 8. The van der Waals surface area contributed by atoms with Crippen LogP contribution in [0.3, 0.4) is 0 Å². The largest absolute Gasteiger partial charge is 0.493 e. The van der Waals surface area contributed by atoms with Gasteiger partial charge in [0.1, 0.15) is 17.2 Å². The zero-order chi connectivity index (χ0) is 30.1. The third-order valence-electron chi connectivity index (χ3n) is 5.73. The SMILES string of the molecule is CC(C)(C)OC(=O)Nc1ccnc(CCOc2cc(Cl)cc(C(=O)N(CCCn3ncnn3)c3ccccc3F)c2)c1. The van der Waals surface area contributed by atoms with Gasteiger partial charge in [0.05, 0.1) is 18.8 Å². The number of tetrazole rings is 1. The molecule has 0 atom stereocenters. The molecule has 0 unspecified atom stereocenters. The van der Waals surface area contributed by atoms with Crippen LogP contribution in [0.2, 0.25) is 5.02 Å². The zero-order valence-electron chi connectivity index (χ0n) is 23.5. The summed E-state index contributed by atoms with van der Waals surface area (Å²) < 4.78 is 25.9. The molecule has 220 valence electrons. The van der Waals surface area contributed by atoms with Crippen molar-refractivity contribution in [1.82, 2.24) is 25.2 Å². The topological polar surface area (TPSA) is 124 Å². The monoisotopic (exact) mass is 595 g/mol. The first-order chi connectivity index (χ1) is 20.1. The van der Waals surface area contributed by atoms with Crippen LogP contribution in [-0.4, -0.2) is 55.9 Å². The van der Waals surface area contributed by atoms with Crippen LogP contribution in [0.1, 0.15) is 43.2 Å². The number of rotatable bonds is 11. The molecule has 42 heavy (non-hydrogen) atoms. The molecule has 4 aromatic rings. The highest BCUT2D eigenvalue weighted by molar-refractivity contribution is 6.31. The Hall–Kier alpha value is -4.58. The Morgan fingerprint density at radius 1 is 1.12 bits per heavy atom. The maximum atomic E-state index is 14.8. The lowest BCUT2D eigenvalue weighted by atomic mass is 10.1. The number of carbonyl (C=O) groups excluding carboxylic acids is 2. The molecule has 0 spiro atoms. The van der Waals surface area contributed by atoms with E-state index in [1.54, 1.807) is 69.4 Å². The lowest BCUT2D eigenvalue weighted by Crippen LogP contribution is -2.33. The van der Waals surface area contributed by atoms with Crippen LogP contribution >= 0.6 is 11.6 Å². The molecule has 0 saturated carbocycles. The highest BCUT2D eigenvalue weighted by atomic mass is 35.5. The molecular weight excluding hydrogens is 565 g/mol. The third kappa shape index (κ3) is 8.96. The quantitative estimate of drug-likeness (QED) is 0.239. The summed E-state index contributed by atoms with van der Waals surface area (Å²) in [4.78, 5) is 32.8. The summed E-state index contributed by atoms with van der Waals surface area (Å²) in [7, 11) is 0. The van der Waals surface area contributed by atoms with E-state index in [0.29, 0.717) is 36.5 Å². The minimum atomic E-state index is -0.618. The molecule has 4 rings (SSSR count). The predicted molar refractivity (Wildman–Crippen MR) is 155 cm³/mol. The summed E-state index contributed by atoms with van der Waals surface area (Å²) in [6.07, 6.45) is 3.20. The second-order valence-electron chi connectivity index (χ2n) is 10.2. The van der Waals surface area contributed by atoms with Crippen LogP contribution in [-0.2, 0) is 17.7 Å². The minimum absolute atomic E-state index is 0.141. The number of carbonyl (C=O) groups is 2. The van der Waals surface area contributed by atoms with Crippen molar-refractivity contribution in [1.29, 1.82) is 0 Å². The van der Waals surface area contributed by atoms with Crippen LogP contribution in [0, 0.1) is 5.82 Å². The van der Waals surface area contributed by atoms with E-state index in [-0.39, 0.29) is 29.4 Å². The number of amides is 2. The minimum Gasteiger partial charge on any atom is -0.493 e. The summed E-state index contributed by atoms with van der Waals surface area (Å²) in [6.45, 7) is 6.17. The number of nitrogens with zero attached hydrogens (tertiary/aromatic N) is 6. The molecule has 2 aromatic heterocycles. The smallest absolute Gasteiger partial charge is 0.412 e. The molecule has 2 heterocycles. The highest BCUT2D eigenvalue weighted by Crippen LogP contribution is 2.26. The van der Waals surface area contributed by atoms with Gasteiger partial charge in [0.2, 0.25) is 0 Å². The van der Waals surface area contributed by atoms with E-state index in [0.717, 1.165) is 0 Å². The number of hydrogen-bond donors (Lipinski definition) is 1. The molecule has 0 bridgehead atoms. The molecule has 0 aliphatic heterocycles. The maximum absolute atomic E-state index is 14.8. The first kappa shape index (κ1) is 30.4. The van der Waals surface area contributed by atoms with E-state index in [9.17, 15) is 14.0 Å². The van der Waals surface area contributed by atoms with E-state index < -0.39 is 23.4 Å². The van der Waals surface area contributed by atoms with Gasteiger partial charge in [-0.05, 0) is 74.9 Å². The van der Waals surface area contributed by atoms with Crippen molar-refractivity contribution >= 4 is 35.0 Å². The molecule has 0 radical (unpaired) electrons. The fourth-order valence-corrected chi connectivity index (χ4v) is 4.20. The third-order valence-corrected chi connectivity index (χ3v) is 5.94. The predicted octanol–water partition coefficient (Wildman–Crippen LogP) is 5.57. The highest BCUT2D eigenvalue weighted by Gasteiger charge is 2.22. The van der Waals surface area contributed by atoms with E-state index in [2.05, 4.69) is 25.7 Å². The summed E-state index contributed by atoms with van der Waals surface area (Å²) in [5, 5.41) is 14.4. The lowest BCUT2D eigenvalue weighted by molar-refractivity contribution is 0.0635. The van der Waals surface area contributed by atoms with Crippen molar-refractivity contribution in [2.24, 2.45) is 0 Å². The van der Waals surface area contributed by atoms with Gasteiger partial charge in [0, 0.05) is 41.1 Å². The van der Waals surface area contributed by atoms with Gasteiger partial charge in [-0.1, -0.05) is 23.7 Å². The number of halogens is 2. The number of pyridine rings is 1. The molecule has 0 fully saturated rings. The van der Waals surface area contributed by atoms with Crippen LogP contribution in [0.5, 0.6) is 5.75 Å². The summed E-state index contributed by atoms with van der Waals surface area (Å²) in [6, 6.07) is 14.1. The van der Waals surface area contributed by atoms with Crippen molar-refractivity contribution in [3.63, 3.8) is 0 Å². The van der Waals surface area contributed by atoms with E-state index in [4.69, 9.17) is 21.1 Å². The normalized spacial score (nSPS) is 11.2. The average molecular weight is 596 g/mol. The number of anilines is 2. The van der Waals surface area contributed by atoms with Crippen molar-refractivity contribution in [3.8, 4) is 5.75 Å². The molecular formula is C29H31ClFN7O4. The molecule has 2 aromatic carbocycles.